The number of nitrogens with zero attached hydrogens (tertiary/aromatic N) is 2. The van der Waals surface area contributed by atoms with E-state index in [9.17, 15) is 0 Å². The molecule has 2 aliphatic rings. The van der Waals surface area contributed by atoms with Crippen LogP contribution in [0.5, 0.6) is 0 Å². The summed E-state index contributed by atoms with van der Waals surface area (Å²) in [4.78, 5) is 4.74. The highest BCUT2D eigenvalue weighted by molar-refractivity contribution is 5.34. The van der Waals surface area contributed by atoms with Crippen molar-refractivity contribution in [2.24, 2.45) is 0 Å². The van der Waals surface area contributed by atoms with Crippen molar-refractivity contribution in [2.75, 3.05) is 33.2 Å². The lowest BCUT2D eigenvalue weighted by Gasteiger charge is -2.36. The number of hydrogen-bond acceptors (Lipinski definition) is 3. The standard InChI is InChI=1S/C11H17N3/c1-10-11(4-3-5-12-10)14-8-6-13(2)7-9-14/h3-5,12H,1,6-9H2,2H3. The van der Waals surface area contributed by atoms with Crippen LogP contribution in [0.15, 0.2) is 36.3 Å². The van der Waals surface area contributed by atoms with E-state index in [0.717, 1.165) is 31.9 Å². The largest absolute Gasteiger partial charge is 0.367 e. The monoisotopic (exact) mass is 191 g/mol. The lowest BCUT2D eigenvalue weighted by Crippen LogP contribution is -2.44. The van der Waals surface area contributed by atoms with Crippen LogP contribution in [0.25, 0.3) is 0 Å². The molecule has 3 nitrogen and oxygen atoms in total. The lowest BCUT2D eigenvalue weighted by molar-refractivity contribution is 0.188. The summed E-state index contributed by atoms with van der Waals surface area (Å²) in [7, 11) is 2.17. The molecule has 2 rings (SSSR count). The van der Waals surface area contributed by atoms with Gasteiger partial charge < -0.3 is 15.1 Å². The highest BCUT2D eigenvalue weighted by Gasteiger charge is 2.18. The first kappa shape index (κ1) is 9.34. The summed E-state index contributed by atoms with van der Waals surface area (Å²) < 4.78 is 0. The van der Waals surface area contributed by atoms with Crippen LogP contribution >= 0.6 is 0 Å². The maximum absolute atomic E-state index is 4.00. The molecule has 14 heavy (non-hydrogen) atoms. The van der Waals surface area contributed by atoms with Gasteiger partial charge in [0, 0.05) is 32.4 Å². The van der Waals surface area contributed by atoms with Crippen molar-refractivity contribution in [1.82, 2.24) is 15.1 Å². The quantitative estimate of drug-likeness (QED) is 0.660. The topological polar surface area (TPSA) is 18.5 Å². The summed E-state index contributed by atoms with van der Waals surface area (Å²) >= 11 is 0. The zero-order chi connectivity index (χ0) is 9.97. The highest BCUT2D eigenvalue weighted by atomic mass is 15.3. The molecule has 0 aromatic heterocycles. The van der Waals surface area contributed by atoms with E-state index in [-0.39, 0.29) is 0 Å². The predicted octanol–water partition coefficient (Wildman–Crippen LogP) is 0.748. The van der Waals surface area contributed by atoms with Crippen molar-refractivity contribution in [3.05, 3.63) is 36.3 Å². The van der Waals surface area contributed by atoms with Crippen molar-refractivity contribution < 1.29 is 0 Å². The molecule has 1 saturated heterocycles. The first-order chi connectivity index (χ1) is 6.77. The van der Waals surface area contributed by atoms with E-state index in [1.165, 1.54) is 5.70 Å². The van der Waals surface area contributed by atoms with E-state index >= 15 is 0 Å². The van der Waals surface area contributed by atoms with Crippen LogP contribution in [0, 0.1) is 0 Å². The third-order valence-electron chi connectivity index (χ3n) is 2.76. The Morgan fingerprint density at radius 1 is 1.29 bits per heavy atom. The molecule has 0 saturated carbocycles. The summed E-state index contributed by atoms with van der Waals surface area (Å²) in [5.41, 5.74) is 2.25. The number of piperazine rings is 1. The van der Waals surface area contributed by atoms with Gasteiger partial charge in [-0.2, -0.15) is 0 Å². The molecule has 0 aliphatic carbocycles. The van der Waals surface area contributed by atoms with Crippen molar-refractivity contribution in [1.29, 1.82) is 0 Å². The highest BCUT2D eigenvalue weighted by Crippen LogP contribution is 2.16. The van der Waals surface area contributed by atoms with Gasteiger partial charge in [0.25, 0.3) is 0 Å². The molecule has 0 atom stereocenters. The van der Waals surface area contributed by atoms with Gasteiger partial charge >= 0.3 is 0 Å². The summed E-state index contributed by atoms with van der Waals surface area (Å²) in [5.74, 6) is 0. The molecule has 0 aromatic rings. The minimum atomic E-state index is 1.01. The fraction of sp³-hybridized carbons (Fsp3) is 0.455. The summed E-state index contributed by atoms with van der Waals surface area (Å²) in [6, 6.07) is 0. The fourth-order valence-electron chi connectivity index (χ4n) is 1.81. The molecule has 0 spiro atoms. The Bertz CT molecular complexity index is 283. The van der Waals surface area contributed by atoms with E-state index in [0.29, 0.717) is 0 Å². The predicted molar refractivity (Wildman–Crippen MR) is 58.6 cm³/mol. The van der Waals surface area contributed by atoms with E-state index in [2.05, 4.69) is 34.8 Å². The zero-order valence-corrected chi connectivity index (χ0v) is 8.66. The summed E-state index contributed by atoms with van der Waals surface area (Å²) in [6.07, 6.45) is 6.08. The molecule has 1 N–H and O–H groups in total. The second kappa shape index (κ2) is 3.88. The van der Waals surface area contributed by atoms with Gasteiger partial charge in [-0.25, -0.2) is 0 Å². The number of allylic oxidation sites excluding steroid dienone is 2. The normalized spacial score (nSPS) is 23.4. The molecular weight excluding hydrogens is 174 g/mol. The van der Waals surface area contributed by atoms with Crippen LogP contribution in [0.3, 0.4) is 0 Å². The number of rotatable bonds is 1. The molecule has 3 heteroatoms. The van der Waals surface area contributed by atoms with Crippen LogP contribution in [0.1, 0.15) is 0 Å². The molecule has 0 unspecified atom stereocenters. The molecule has 1 fully saturated rings. The van der Waals surface area contributed by atoms with Gasteiger partial charge in [0.2, 0.25) is 0 Å². The van der Waals surface area contributed by atoms with Crippen LogP contribution in [0.4, 0.5) is 0 Å². The molecule has 2 heterocycles. The van der Waals surface area contributed by atoms with Gasteiger partial charge in [-0.1, -0.05) is 6.58 Å². The first-order valence-electron chi connectivity index (χ1n) is 5.03. The second-order valence-corrected chi connectivity index (χ2v) is 3.82. The molecule has 0 bridgehead atoms. The molecule has 2 aliphatic heterocycles. The number of hydrogen-bond donors (Lipinski definition) is 1. The summed E-state index contributed by atoms with van der Waals surface area (Å²) in [5, 5.41) is 3.14. The SMILES string of the molecule is C=C1NC=CC=C1N1CCN(C)CC1. The van der Waals surface area contributed by atoms with Crippen LogP contribution in [-0.2, 0) is 0 Å². The van der Waals surface area contributed by atoms with Crippen LogP contribution in [0.2, 0.25) is 0 Å². The second-order valence-electron chi connectivity index (χ2n) is 3.82. The van der Waals surface area contributed by atoms with Gasteiger partial charge in [0.15, 0.2) is 0 Å². The smallest absolute Gasteiger partial charge is 0.0600 e. The Morgan fingerprint density at radius 2 is 2.00 bits per heavy atom. The third-order valence-corrected chi connectivity index (χ3v) is 2.76. The number of likely N-dealkylation sites (N-methyl/N-ethyl adjacent to an activating group) is 1. The van der Waals surface area contributed by atoms with Crippen molar-refractivity contribution in [3.63, 3.8) is 0 Å². The Balaban J connectivity index is 2.04. The fourth-order valence-corrected chi connectivity index (χ4v) is 1.81. The third kappa shape index (κ3) is 1.82. The van der Waals surface area contributed by atoms with Gasteiger partial charge in [-0.05, 0) is 19.2 Å². The van der Waals surface area contributed by atoms with Gasteiger partial charge in [-0.3, -0.25) is 0 Å². The van der Waals surface area contributed by atoms with Crippen molar-refractivity contribution >= 4 is 0 Å². The van der Waals surface area contributed by atoms with Crippen LogP contribution < -0.4 is 5.32 Å². The Morgan fingerprint density at radius 3 is 2.64 bits per heavy atom. The zero-order valence-electron chi connectivity index (χ0n) is 8.66. The maximum Gasteiger partial charge on any atom is 0.0600 e. The Kier molecular flexibility index (Phi) is 2.59. The first-order valence-corrected chi connectivity index (χ1v) is 5.03. The molecule has 76 valence electrons. The number of dihydropyridines is 1. The van der Waals surface area contributed by atoms with E-state index in [1.807, 2.05) is 12.3 Å². The average Bonchev–Trinajstić information content (AvgIpc) is 2.20. The molecular formula is C11H17N3. The molecule has 0 radical (unpaired) electrons. The molecule has 0 aromatic carbocycles. The van der Waals surface area contributed by atoms with Gasteiger partial charge in [0.05, 0.1) is 11.4 Å². The van der Waals surface area contributed by atoms with Gasteiger partial charge in [-0.15, -0.1) is 0 Å². The minimum Gasteiger partial charge on any atom is -0.367 e. The maximum atomic E-state index is 4.00. The number of nitrogens with one attached hydrogen (secondary N) is 1. The van der Waals surface area contributed by atoms with Crippen molar-refractivity contribution in [2.45, 2.75) is 0 Å². The lowest BCUT2D eigenvalue weighted by atomic mass is 10.2. The van der Waals surface area contributed by atoms with E-state index in [4.69, 9.17) is 0 Å². The summed E-state index contributed by atoms with van der Waals surface area (Å²) in [6.45, 7) is 8.46. The molecule has 0 amide bonds. The van der Waals surface area contributed by atoms with E-state index < -0.39 is 0 Å². The van der Waals surface area contributed by atoms with E-state index in [1.54, 1.807) is 0 Å². The van der Waals surface area contributed by atoms with Crippen molar-refractivity contribution in [3.8, 4) is 0 Å². The van der Waals surface area contributed by atoms with Gasteiger partial charge in [0.1, 0.15) is 0 Å². The average molecular weight is 191 g/mol. The van der Waals surface area contributed by atoms with Crippen LogP contribution in [-0.4, -0.2) is 43.0 Å². The minimum absolute atomic E-state index is 1.01. The Hall–Kier alpha value is -1.22. The Labute approximate surface area is 85.4 Å².